The highest BCUT2D eigenvalue weighted by Crippen LogP contribution is 2.14. The molecule has 2 aromatic carbocycles. The predicted molar refractivity (Wildman–Crippen MR) is 85.0 cm³/mol. The summed E-state index contributed by atoms with van der Waals surface area (Å²) in [6, 6.07) is 16.0. The van der Waals surface area contributed by atoms with Crippen molar-refractivity contribution in [3.8, 4) is 0 Å². The Morgan fingerprint density at radius 1 is 1.09 bits per heavy atom. The molecule has 0 spiro atoms. The van der Waals surface area contributed by atoms with Crippen molar-refractivity contribution in [1.82, 2.24) is 4.90 Å². The lowest BCUT2D eigenvalue weighted by atomic mass is 10.1. The first-order chi connectivity index (χ1) is 10.6. The van der Waals surface area contributed by atoms with Crippen LogP contribution in [0, 0.1) is 5.82 Å². The Bertz CT molecular complexity index is 545. The minimum atomic E-state index is -0.625. The number of aliphatic hydroxyl groups is 1. The molecule has 2 aromatic rings. The van der Waals surface area contributed by atoms with Crippen LogP contribution in [0.15, 0.2) is 54.6 Å². The summed E-state index contributed by atoms with van der Waals surface area (Å²) in [5.41, 5.74) is 1.87. The number of rotatable bonds is 8. The highest BCUT2D eigenvalue weighted by atomic mass is 19.1. The van der Waals surface area contributed by atoms with Gasteiger partial charge in [0.05, 0.1) is 19.3 Å². The topological polar surface area (TPSA) is 32.7 Å². The van der Waals surface area contributed by atoms with Gasteiger partial charge in [0, 0.05) is 13.1 Å². The van der Waals surface area contributed by atoms with E-state index in [1.165, 1.54) is 12.1 Å². The number of likely N-dealkylation sites (N-methyl/N-ethyl adjacent to an activating group) is 1. The number of hydrogen-bond donors (Lipinski definition) is 1. The molecule has 4 heteroatoms. The fourth-order valence-corrected chi connectivity index (χ4v) is 2.16. The Balaban J connectivity index is 1.67. The van der Waals surface area contributed by atoms with Gasteiger partial charge in [-0.1, -0.05) is 42.5 Å². The minimum absolute atomic E-state index is 0.293. The van der Waals surface area contributed by atoms with Gasteiger partial charge in [0.15, 0.2) is 0 Å². The molecule has 0 radical (unpaired) electrons. The number of aliphatic hydroxyl groups excluding tert-OH is 1. The lowest BCUT2D eigenvalue weighted by molar-refractivity contribution is 0.0767. The van der Waals surface area contributed by atoms with Crippen LogP contribution in [0.5, 0.6) is 0 Å². The van der Waals surface area contributed by atoms with Gasteiger partial charge in [-0.3, -0.25) is 0 Å². The third-order valence-corrected chi connectivity index (χ3v) is 3.47. The second-order valence-corrected chi connectivity index (χ2v) is 5.37. The van der Waals surface area contributed by atoms with Crippen LogP contribution in [0.25, 0.3) is 0 Å². The SMILES string of the molecule is CN(CCOCc1ccccc1)CC(O)c1ccc(F)cc1. The summed E-state index contributed by atoms with van der Waals surface area (Å²) in [6.07, 6.45) is -0.625. The Kier molecular flexibility index (Phi) is 6.52. The summed E-state index contributed by atoms with van der Waals surface area (Å²) in [5, 5.41) is 10.1. The van der Waals surface area contributed by atoms with Crippen LogP contribution in [0.3, 0.4) is 0 Å². The first-order valence-electron chi connectivity index (χ1n) is 7.39. The van der Waals surface area contributed by atoms with E-state index < -0.39 is 6.10 Å². The van der Waals surface area contributed by atoms with E-state index in [2.05, 4.69) is 0 Å². The molecule has 3 nitrogen and oxygen atoms in total. The third kappa shape index (κ3) is 5.56. The summed E-state index contributed by atoms with van der Waals surface area (Å²) >= 11 is 0. The molecule has 118 valence electrons. The standard InChI is InChI=1S/C18H22FNO2/c1-20(11-12-22-14-15-5-3-2-4-6-15)13-18(21)16-7-9-17(19)10-8-16/h2-10,18,21H,11-14H2,1H3. The fraction of sp³-hybridized carbons (Fsp3) is 0.333. The molecule has 1 atom stereocenters. The molecule has 0 aromatic heterocycles. The number of halogens is 1. The van der Waals surface area contributed by atoms with E-state index in [-0.39, 0.29) is 5.82 Å². The molecular formula is C18H22FNO2. The molecule has 0 fully saturated rings. The van der Waals surface area contributed by atoms with Crippen molar-refractivity contribution >= 4 is 0 Å². The zero-order valence-corrected chi connectivity index (χ0v) is 12.8. The molecule has 0 bridgehead atoms. The number of benzene rings is 2. The molecule has 1 unspecified atom stereocenters. The predicted octanol–water partition coefficient (Wildman–Crippen LogP) is 3.01. The van der Waals surface area contributed by atoms with Crippen LogP contribution < -0.4 is 0 Å². The van der Waals surface area contributed by atoms with Crippen molar-refractivity contribution in [2.45, 2.75) is 12.7 Å². The van der Waals surface area contributed by atoms with Crippen LogP contribution in [0.1, 0.15) is 17.2 Å². The van der Waals surface area contributed by atoms with Gasteiger partial charge in [-0.05, 0) is 30.3 Å². The normalized spacial score (nSPS) is 12.5. The molecule has 0 saturated carbocycles. The first-order valence-corrected chi connectivity index (χ1v) is 7.39. The fourth-order valence-electron chi connectivity index (χ4n) is 2.16. The summed E-state index contributed by atoms with van der Waals surface area (Å²) < 4.78 is 18.5. The van der Waals surface area contributed by atoms with E-state index in [4.69, 9.17) is 4.74 Å². The molecular weight excluding hydrogens is 281 g/mol. The Morgan fingerprint density at radius 3 is 2.45 bits per heavy atom. The van der Waals surface area contributed by atoms with Gasteiger partial charge in [-0.15, -0.1) is 0 Å². The maximum absolute atomic E-state index is 12.8. The molecule has 0 amide bonds. The van der Waals surface area contributed by atoms with E-state index in [1.54, 1.807) is 12.1 Å². The average molecular weight is 303 g/mol. The summed E-state index contributed by atoms with van der Waals surface area (Å²) in [7, 11) is 1.93. The van der Waals surface area contributed by atoms with Gasteiger partial charge in [-0.2, -0.15) is 0 Å². The van der Waals surface area contributed by atoms with Gasteiger partial charge in [0.25, 0.3) is 0 Å². The smallest absolute Gasteiger partial charge is 0.123 e. The van der Waals surface area contributed by atoms with Gasteiger partial charge < -0.3 is 14.7 Å². The average Bonchev–Trinajstić information content (AvgIpc) is 2.53. The van der Waals surface area contributed by atoms with E-state index in [0.717, 1.165) is 17.7 Å². The molecule has 0 aliphatic rings. The van der Waals surface area contributed by atoms with Gasteiger partial charge >= 0.3 is 0 Å². The Labute approximate surface area is 131 Å². The minimum Gasteiger partial charge on any atom is -0.387 e. The molecule has 1 N–H and O–H groups in total. The molecule has 2 rings (SSSR count). The van der Waals surface area contributed by atoms with E-state index in [1.807, 2.05) is 42.3 Å². The number of ether oxygens (including phenoxy) is 1. The zero-order valence-electron chi connectivity index (χ0n) is 12.8. The van der Waals surface area contributed by atoms with E-state index >= 15 is 0 Å². The Hall–Kier alpha value is -1.75. The van der Waals surface area contributed by atoms with Crippen LogP contribution in [0.2, 0.25) is 0 Å². The third-order valence-electron chi connectivity index (χ3n) is 3.47. The van der Waals surface area contributed by atoms with Crippen LogP contribution in [0.4, 0.5) is 4.39 Å². The van der Waals surface area contributed by atoms with Crippen molar-refractivity contribution in [3.63, 3.8) is 0 Å². The maximum Gasteiger partial charge on any atom is 0.123 e. The second-order valence-electron chi connectivity index (χ2n) is 5.37. The molecule has 0 aliphatic carbocycles. The molecule has 22 heavy (non-hydrogen) atoms. The van der Waals surface area contributed by atoms with Crippen molar-refractivity contribution in [2.75, 3.05) is 26.7 Å². The second kappa shape index (κ2) is 8.63. The lowest BCUT2D eigenvalue weighted by Crippen LogP contribution is -2.28. The van der Waals surface area contributed by atoms with E-state index in [0.29, 0.717) is 19.8 Å². The molecule has 0 aliphatic heterocycles. The van der Waals surface area contributed by atoms with Crippen molar-refractivity contribution in [2.24, 2.45) is 0 Å². The van der Waals surface area contributed by atoms with Gasteiger partial charge in [0.1, 0.15) is 5.82 Å². The summed E-state index contributed by atoms with van der Waals surface area (Å²) in [4.78, 5) is 2.00. The van der Waals surface area contributed by atoms with E-state index in [9.17, 15) is 9.50 Å². The first kappa shape index (κ1) is 16.6. The monoisotopic (exact) mass is 303 g/mol. The highest BCUT2D eigenvalue weighted by molar-refractivity contribution is 5.18. The number of nitrogens with zero attached hydrogens (tertiary/aromatic N) is 1. The highest BCUT2D eigenvalue weighted by Gasteiger charge is 2.10. The van der Waals surface area contributed by atoms with Crippen LogP contribution >= 0.6 is 0 Å². The molecule has 0 heterocycles. The Morgan fingerprint density at radius 2 is 1.77 bits per heavy atom. The summed E-state index contributed by atoms with van der Waals surface area (Å²) in [6.45, 7) is 2.40. The van der Waals surface area contributed by atoms with Crippen molar-refractivity contribution in [1.29, 1.82) is 0 Å². The van der Waals surface area contributed by atoms with Gasteiger partial charge in [-0.25, -0.2) is 4.39 Å². The maximum atomic E-state index is 12.8. The largest absolute Gasteiger partial charge is 0.387 e. The number of hydrogen-bond acceptors (Lipinski definition) is 3. The van der Waals surface area contributed by atoms with Crippen molar-refractivity contribution < 1.29 is 14.2 Å². The zero-order chi connectivity index (χ0) is 15.8. The van der Waals surface area contributed by atoms with Crippen molar-refractivity contribution in [3.05, 3.63) is 71.5 Å². The van der Waals surface area contributed by atoms with Crippen LogP contribution in [-0.4, -0.2) is 36.8 Å². The molecule has 0 saturated heterocycles. The quantitative estimate of drug-likeness (QED) is 0.761. The van der Waals surface area contributed by atoms with Gasteiger partial charge in [0.2, 0.25) is 0 Å². The lowest BCUT2D eigenvalue weighted by Gasteiger charge is -2.20. The summed E-state index contributed by atoms with van der Waals surface area (Å²) in [5.74, 6) is -0.293. The van der Waals surface area contributed by atoms with Crippen LogP contribution in [-0.2, 0) is 11.3 Å².